The summed E-state index contributed by atoms with van der Waals surface area (Å²) in [6.45, 7) is 1.97. The Morgan fingerprint density at radius 1 is 1.33 bits per heavy atom. The van der Waals surface area contributed by atoms with Crippen molar-refractivity contribution < 1.29 is 9.90 Å². The van der Waals surface area contributed by atoms with Crippen LogP contribution in [0.4, 0.5) is 0 Å². The molecule has 0 heterocycles. The fourth-order valence-electron chi connectivity index (χ4n) is 1.86. The molecule has 1 aliphatic carbocycles. The third kappa shape index (κ3) is 1.67. The summed E-state index contributed by atoms with van der Waals surface area (Å²) < 4.78 is 0. The van der Waals surface area contributed by atoms with Gasteiger partial charge in [-0.15, -0.1) is 0 Å². The highest BCUT2D eigenvalue weighted by atomic mass is 16.4. The van der Waals surface area contributed by atoms with Gasteiger partial charge in [-0.1, -0.05) is 36.4 Å². The maximum atomic E-state index is 11.1. The number of aliphatic carboxylic acids is 1. The second-order valence-corrected chi connectivity index (χ2v) is 4.01. The third-order valence-corrected chi connectivity index (χ3v) is 2.98. The summed E-state index contributed by atoms with van der Waals surface area (Å²) in [5.74, 6) is -0.693. The molecule has 0 saturated heterocycles. The van der Waals surface area contributed by atoms with E-state index in [0.29, 0.717) is 0 Å². The molecule has 1 aliphatic rings. The molecule has 2 rings (SSSR count). The first-order valence-corrected chi connectivity index (χ1v) is 5.16. The number of rotatable bonds is 3. The summed E-state index contributed by atoms with van der Waals surface area (Å²) in [5.41, 5.74) is 1.47. The number of benzene rings is 1. The average molecular weight is 202 g/mol. The lowest BCUT2D eigenvalue weighted by Gasteiger charge is -2.09. The van der Waals surface area contributed by atoms with Crippen LogP contribution in [0.2, 0.25) is 0 Å². The minimum Gasteiger partial charge on any atom is -0.481 e. The number of carbonyl (C=O) groups is 1. The van der Waals surface area contributed by atoms with Gasteiger partial charge in [0.05, 0.1) is 5.41 Å². The SMILES string of the molecule is C/C=C/c1ccc(C2(C(=O)O)CC2)cc1. The molecule has 78 valence electrons. The molecule has 1 N–H and O–H groups in total. The standard InChI is InChI=1S/C13H14O2/c1-2-3-10-4-6-11(7-5-10)13(8-9-13)12(14)15/h2-7H,8-9H2,1H3,(H,14,15)/b3-2+. The fourth-order valence-corrected chi connectivity index (χ4v) is 1.86. The van der Waals surface area contributed by atoms with Crippen molar-refractivity contribution in [3.8, 4) is 0 Å². The monoisotopic (exact) mass is 202 g/mol. The van der Waals surface area contributed by atoms with Crippen LogP contribution < -0.4 is 0 Å². The van der Waals surface area contributed by atoms with Crippen LogP contribution >= 0.6 is 0 Å². The van der Waals surface area contributed by atoms with Crippen molar-refractivity contribution in [2.24, 2.45) is 0 Å². The minimum atomic E-state index is -0.693. The Hall–Kier alpha value is -1.57. The van der Waals surface area contributed by atoms with Gasteiger partial charge in [-0.05, 0) is 30.9 Å². The maximum Gasteiger partial charge on any atom is 0.314 e. The molecule has 1 fully saturated rings. The van der Waals surface area contributed by atoms with Crippen LogP contribution in [-0.2, 0) is 10.2 Å². The van der Waals surface area contributed by atoms with Crippen LogP contribution in [0.25, 0.3) is 6.08 Å². The van der Waals surface area contributed by atoms with Gasteiger partial charge in [0.1, 0.15) is 0 Å². The molecule has 0 aliphatic heterocycles. The molecular weight excluding hydrogens is 188 g/mol. The lowest BCUT2D eigenvalue weighted by Crippen LogP contribution is -2.19. The van der Waals surface area contributed by atoms with E-state index in [1.807, 2.05) is 43.3 Å². The zero-order valence-corrected chi connectivity index (χ0v) is 8.73. The Balaban J connectivity index is 2.28. The molecule has 1 saturated carbocycles. The van der Waals surface area contributed by atoms with Crippen molar-refractivity contribution in [2.75, 3.05) is 0 Å². The molecule has 0 amide bonds. The van der Waals surface area contributed by atoms with Gasteiger partial charge in [0.15, 0.2) is 0 Å². The predicted molar refractivity (Wildman–Crippen MR) is 59.7 cm³/mol. The Bertz CT molecular complexity index is 397. The van der Waals surface area contributed by atoms with E-state index in [4.69, 9.17) is 5.11 Å². The number of hydrogen-bond acceptors (Lipinski definition) is 1. The van der Waals surface area contributed by atoms with Gasteiger partial charge in [0.25, 0.3) is 0 Å². The first kappa shape index (κ1) is 9.97. The van der Waals surface area contributed by atoms with E-state index in [1.54, 1.807) is 0 Å². The molecule has 0 radical (unpaired) electrons. The molecule has 2 heteroatoms. The van der Waals surface area contributed by atoms with E-state index in [0.717, 1.165) is 24.0 Å². The van der Waals surface area contributed by atoms with Crippen molar-refractivity contribution in [3.05, 3.63) is 41.5 Å². The van der Waals surface area contributed by atoms with Crippen LogP contribution in [0, 0.1) is 0 Å². The van der Waals surface area contributed by atoms with Crippen LogP contribution in [-0.4, -0.2) is 11.1 Å². The van der Waals surface area contributed by atoms with Crippen LogP contribution in [0.3, 0.4) is 0 Å². The van der Waals surface area contributed by atoms with Crippen molar-refractivity contribution in [1.82, 2.24) is 0 Å². The van der Waals surface area contributed by atoms with E-state index in [9.17, 15) is 4.79 Å². The van der Waals surface area contributed by atoms with Gasteiger partial charge in [-0.2, -0.15) is 0 Å². The van der Waals surface area contributed by atoms with E-state index in [-0.39, 0.29) is 0 Å². The molecular formula is C13H14O2. The first-order valence-electron chi connectivity index (χ1n) is 5.16. The van der Waals surface area contributed by atoms with Crippen molar-refractivity contribution in [1.29, 1.82) is 0 Å². The normalized spacial score (nSPS) is 17.9. The Labute approximate surface area is 89.2 Å². The molecule has 0 unspecified atom stereocenters. The van der Waals surface area contributed by atoms with E-state index in [2.05, 4.69) is 0 Å². The maximum absolute atomic E-state index is 11.1. The number of carboxylic acids is 1. The molecule has 0 aromatic heterocycles. The van der Waals surface area contributed by atoms with E-state index >= 15 is 0 Å². The van der Waals surface area contributed by atoms with Gasteiger partial charge in [-0.25, -0.2) is 0 Å². The van der Waals surface area contributed by atoms with Crippen LogP contribution in [0.5, 0.6) is 0 Å². The van der Waals surface area contributed by atoms with Crippen molar-refractivity contribution in [2.45, 2.75) is 25.2 Å². The minimum absolute atomic E-state index is 0.575. The highest BCUT2D eigenvalue weighted by Crippen LogP contribution is 2.48. The summed E-state index contributed by atoms with van der Waals surface area (Å²) in [7, 11) is 0. The first-order chi connectivity index (χ1) is 7.19. The summed E-state index contributed by atoms with van der Waals surface area (Å²) in [4.78, 5) is 11.1. The van der Waals surface area contributed by atoms with Gasteiger partial charge in [0.2, 0.25) is 0 Å². The van der Waals surface area contributed by atoms with Gasteiger partial charge in [-0.3, -0.25) is 4.79 Å². The van der Waals surface area contributed by atoms with Crippen LogP contribution in [0.15, 0.2) is 30.3 Å². The molecule has 0 atom stereocenters. The average Bonchev–Trinajstić information content (AvgIpc) is 3.00. The Morgan fingerprint density at radius 3 is 2.33 bits per heavy atom. The fraction of sp³-hybridized carbons (Fsp3) is 0.308. The number of carboxylic acid groups (broad SMARTS) is 1. The highest BCUT2D eigenvalue weighted by molar-refractivity contribution is 5.85. The summed E-state index contributed by atoms with van der Waals surface area (Å²) >= 11 is 0. The second-order valence-electron chi connectivity index (χ2n) is 4.01. The smallest absolute Gasteiger partial charge is 0.314 e. The quantitative estimate of drug-likeness (QED) is 0.818. The Kier molecular flexibility index (Phi) is 2.35. The molecule has 0 spiro atoms. The molecule has 0 bridgehead atoms. The lowest BCUT2D eigenvalue weighted by molar-refractivity contribution is -0.140. The summed E-state index contributed by atoms with van der Waals surface area (Å²) in [5, 5.41) is 9.12. The van der Waals surface area contributed by atoms with Crippen LogP contribution in [0.1, 0.15) is 30.9 Å². The molecule has 2 nitrogen and oxygen atoms in total. The molecule has 15 heavy (non-hydrogen) atoms. The number of allylic oxidation sites excluding steroid dienone is 1. The van der Waals surface area contributed by atoms with Gasteiger partial charge >= 0.3 is 5.97 Å². The highest BCUT2D eigenvalue weighted by Gasteiger charge is 2.51. The zero-order valence-electron chi connectivity index (χ0n) is 8.73. The zero-order chi connectivity index (χ0) is 10.9. The molecule has 1 aromatic rings. The molecule has 1 aromatic carbocycles. The third-order valence-electron chi connectivity index (χ3n) is 2.98. The van der Waals surface area contributed by atoms with E-state index < -0.39 is 11.4 Å². The summed E-state index contributed by atoms with van der Waals surface area (Å²) in [6, 6.07) is 7.80. The summed E-state index contributed by atoms with van der Waals surface area (Å²) in [6.07, 6.45) is 5.51. The lowest BCUT2D eigenvalue weighted by atomic mass is 9.95. The number of hydrogen-bond donors (Lipinski definition) is 1. The van der Waals surface area contributed by atoms with Gasteiger partial charge in [0, 0.05) is 0 Å². The second kappa shape index (κ2) is 3.54. The van der Waals surface area contributed by atoms with E-state index in [1.165, 1.54) is 0 Å². The topological polar surface area (TPSA) is 37.3 Å². The predicted octanol–water partition coefficient (Wildman–Crippen LogP) is 2.84. The Morgan fingerprint density at radius 2 is 1.93 bits per heavy atom. The largest absolute Gasteiger partial charge is 0.481 e. The van der Waals surface area contributed by atoms with Crippen molar-refractivity contribution >= 4 is 12.0 Å². The van der Waals surface area contributed by atoms with Gasteiger partial charge < -0.3 is 5.11 Å². The van der Waals surface area contributed by atoms with Crippen molar-refractivity contribution in [3.63, 3.8) is 0 Å².